The zero-order chi connectivity index (χ0) is 84.5. The average molecular weight is 1590 g/mol. The number of carbonyl (C=O) groups is 6. The van der Waals surface area contributed by atoms with Crippen molar-refractivity contribution in [2.24, 2.45) is 59.2 Å². The Morgan fingerprint density at radius 1 is 0.432 bits per heavy atom. The van der Waals surface area contributed by atoms with Gasteiger partial charge in [0.2, 0.25) is 5.91 Å². The van der Waals surface area contributed by atoms with Crippen molar-refractivity contribution < 1.29 is 38.2 Å². The summed E-state index contributed by atoms with van der Waals surface area (Å²) < 4.78 is 9.85. The maximum Gasteiger partial charge on any atom is 0.310 e. The minimum atomic E-state index is -0.308. The quantitative estimate of drug-likeness (QED) is 0.0401. The van der Waals surface area contributed by atoms with E-state index in [4.69, 9.17) is 9.47 Å². The van der Waals surface area contributed by atoms with Crippen LogP contribution in [0.5, 0.6) is 0 Å². The van der Waals surface area contributed by atoms with Crippen molar-refractivity contribution in [3.05, 3.63) is 309 Å². The van der Waals surface area contributed by atoms with Crippen molar-refractivity contribution in [1.29, 1.82) is 0 Å². The average Bonchev–Trinajstić information content (AvgIpc) is 1.70. The van der Waals surface area contributed by atoms with Crippen molar-refractivity contribution in [2.75, 3.05) is 79.7 Å². The summed E-state index contributed by atoms with van der Waals surface area (Å²) in [4.78, 5) is 93.7. The molecule has 4 saturated heterocycles. The van der Waals surface area contributed by atoms with Crippen LogP contribution in [-0.2, 0) is 35.2 Å². The number of hydrogen-bond acceptors (Lipinski definition) is 13. The number of methoxy groups -OCH3 is 2. The van der Waals surface area contributed by atoms with Gasteiger partial charge < -0.3 is 39.2 Å². The monoisotopic (exact) mass is 1590 g/mol. The first-order valence-corrected chi connectivity index (χ1v) is 42.8. The van der Waals surface area contributed by atoms with Gasteiger partial charge in [-0.25, -0.2) is 0 Å². The van der Waals surface area contributed by atoms with Crippen LogP contribution in [0.2, 0.25) is 0 Å². The topological polar surface area (TPSA) is 175 Å². The van der Waals surface area contributed by atoms with Gasteiger partial charge in [-0.1, -0.05) is 268 Å². The molecule has 5 aliphatic rings. The summed E-state index contributed by atoms with van der Waals surface area (Å²) in [6.07, 6.45) is 6.61. The summed E-state index contributed by atoms with van der Waals surface area (Å²) in [5.41, 5.74) is 13.8. The summed E-state index contributed by atoms with van der Waals surface area (Å²) in [5.74, 6) is 4.32. The number of rotatable bonds is 26. The van der Waals surface area contributed by atoms with Gasteiger partial charge in [-0.2, -0.15) is 0 Å². The number of hydrogen-bond donors (Lipinski definition) is 1. The summed E-state index contributed by atoms with van der Waals surface area (Å²) in [5, 5.41) is 3.35. The molecule has 0 radical (unpaired) electrons. The smallest absolute Gasteiger partial charge is 0.310 e. The summed E-state index contributed by atoms with van der Waals surface area (Å²) in [7, 11) is 2.89. The molecule has 9 aromatic rings. The molecule has 1 saturated carbocycles. The molecule has 7 aromatic carbocycles. The Morgan fingerprint density at radius 2 is 0.788 bits per heavy atom. The van der Waals surface area contributed by atoms with Crippen LogP contribution in [0, 0.1) is 86.9 Å². The highest BCUT2D eigenvalue weighted by atomic mass is 16.5. The summed E-state index contributed by atoms with van der Waals surface area (Å²) in [6, 6.07) is 76.3. The fraction of sp³-hybridized carbons (Fsp3) is 0.431. The number of likely N-dealkylation sites (tertiary alicyclic amines) is 4. The summed E-state index contributed by atoms with van der Waals surface area (Å²) in [6.45, 7) is 37.5. The molecule has 16 nitrogen and oxygen atoms in total. The first-order valence-electron chi connectivity index (χ1n) is 42.8. The number of ether oxygens (including phenoxy) is 2. The zero-order valence-electron chi connectivity index (χ0n) is 72.4. The maximum absolute atomic E-state index is 13.2. The standard InChI is InChI=1S/C28H36N4O2.C26H29NO2.C25H33N3O.C12H16O2.C11H14O/c1-18-11-12-29-20(3)25(18)28(34)32-16-23-14-31(15-24(23)17-32)13-19(2)26(21-7-5-4-6-8-21)30-27(33)22-9-10-22;1-20(26(28)29-3)25(24-17-11-6-12-18-24)27(19-22-13-7-4-8-14-22)21(2)23-15-9-5-10-16-23;1-17-10-11-26-20(4)24(17)25(29)28-15-22-13-27(14-23(22)16-28)12-18(2)19(3)21-8-6-5-7-9-21;1-9(10(2)12(13)14-3)11-7-5-4-6-8-11;1-9(8-12)10(2)11-6-4-3-5-7-11/h4-8,11-12,19,22-24,26H,9-10,13-17H2,1-3H3,(H,30,33);4-18,20-21,25H,19H2,1-3H3;5-11,18-19,22-23H,12-16H2,1-4H3;4-10H,1-3H3;3-10H,1-2H3/t19?,23?,24?,26-;20?,21-,25?;18?,19-,22?,23?;9-,10?;9?,10-/m10000/s1. The van der Waals surface area contributed by atoms with Crippen LogP contribution in [-0.4, -0.2) is 150 Å². The highest BCUT2D eigenvalue weighted by Gasteiger charge is 2.45. The second-order valence-electron chi connectivity index (χ2n) is 34.0. The number of benzene rings is 7. The van der Waals surface area contributed by atoms with E-state index >= 15 is 0 Å². The minimum Gasteiger partial charge on any atom is -0.469 e. The number of nitrogens with one attached hydrogen (secondary N) is 1. The third-order valence-corrected chi connectivity index (χ3v) is 25.6. The number of carbonyl (C=O) groups excluding carboxylic acids is 6. The molecule has 0 spiro atoms. The van der Waals surface area contributed by atoms with Crippen molar-refractivity contribution in [1.82, 2.24) is 39.8 Å². The summed E-state index contributed by atoms with van der Waals surface area (Å²) >= 11 is 0. The first-order chi connectivity index (χ1) is 56.9. The Morgan fingerprint density at radius 3 is 1.18 bits per heavy atom. The van der Waals surface area contributed by atoms with E-state index in [0.717, 1.165) is 130 Å². The number of amides is 3. The molecule has 5 fully saturated rings. The van der Waals surface area contributed by atoms with Gasteiger partial charge >= 0.3 is 11.9 Å². The van der Waals surface area contributed by atoms with Crippen molar-refractivity contribution in [3.8, 4) is 0 Å². The predicted octanol–water partition coefficient (Wildman–Crippen LogP) is 18.8. The van der Waals surface area contributed by atoms with Crippen LogP contribution < -0.4 is 5.32 Å². The van der Waals surface area contributed by atoms with Gasteiger partial charge in [-0.05, 0) is 163 Å². The fourth-order valence-electron chi connectivity index (χ4n) is 17.7. The van der Waals surface area contributed by atoms with Gasteiger partial charge in [0.25, 0.3) is 11.8 Å². The normalized spacial score (nSPS) is 19.5. The molecule has 118 heavy (non-hydrogen) atoms. The Balaban J connectivity index is 0.000000163. The zero-order valence-corrected chi connectivity index (χ0v) is 72.4. The van der Waals surface area contributed by atoms with Gasteiger partial charge in [-0.3, -0.25) is 38.8 Å². The van der Waals surface area contributed by atoms with E-state index < -0.39 is 0 Å². The largest absolute Gasteiger partial charge is 0.469 e. The lowest BCUT2D eigenvalue weighted by molar-refractivity contribution is -0.148. The van der Waals surface area contributed by atoms with Crippen LogP contribution in [0.1, 0.15) is 193 Å². The minimum absolute atomic E-state index is 0.0318. The van der Waals surface area contributed by atoms with E-state index in [-0.39, 0.29) is 77.4 Å². The maximum atomic E-state index is 13.2. The number of nitrogens with zero attached hydrogens (tertiary/aromatic N) is 7. The van der Waals surface area contributed by atoms with Gasteiger partial charge in [0, 0.05) is 108 Å². The molecule has 1 aliphatic carbocycles. The Kier molecular flexibility index (Phi) is 33.6. The molecule has 1 N–H and O–H groups in total. The van der Waals surface area contributed by atoms with Crippen molar-refractivity contribution in [3.63, 3.8) is 0 Å². The molecule has 2 aromatic heterocycles. The molecule has 16 heteroatoms. The Hall–Kier alpha value is -10.3. The number of pyridine rings is 2. The highest BCUT2D eigenvalue weighted by molar-refractivity contribution is 5.97. The number of aldehydes is 1. The van der Waals surface area contributed by atoms with E-state index in [1.807, 2.05) is 157 Å². The molecular formula is C102H128N8O8. The van der Waals surface area contributed by atoms with E-state index in [1.54, 1.807) is 12.4 Å². The fourth-order valence-corrected chi connectivity index (χ4v) is 17.7. The Bertz CT molecular complexity index is 4550. The van der Waals surface area contributed by atoms with Crippen molar-refractivity contribution in [2.45, 2.75) is 145 Å². The predicted molar refractivity (Wildman–Crippen MR) is 473 cm³/mol. The number of aromatic nitrogens is 2. The Labute approximate surface area is 703 Å². The van der Waals surface area contributed by atoms with Crippen molar-refractivity contribution >= 4 is 35.9 Å². The second kappa shape index (κ2) is 44.0. The number of fused-ring (bicyclic) bond motifs is 2. The first kappa shape index (κ1) is 90.1. The lowest BCUT2D eigenvalue weighted by Gasteiger charge is -2.39. The van der Waals surface area contributed by atoms with Crippen LogP contribution in [0.3, 0.4) is 0 Å². The highest BCUT2D eigenvalue weighted by Crippen LogP contribution is 2.41. The van der Waals surface area contributed by atoms with Gasteiger partial charge in [-0.15, -0.1) is 0 Å². The van der Waals surface area contributed by atoms with Gasteiger partial charge in [0.1, 0.15) is 6.29 Å². The van der Waals surface area contributed by atoms with E-state index in [9.17, 15) is 28.8 Å². The number of aryl methyl sites for hydroxylation is 4. The van der Waals surface area contributed by atoms with Crippen LogP contribution in [0.15, 0.2) is 237 Å². The molecule has 15 atom stereocenters. The number of esters is 2. The van der Waals surface area contributed by atoms with E-state index in [0.29, 0.717) is 47.3 Å². The third-order valence-electron chi connectivity index (χ3n) is 25.6. The lowest BCUT2D eigenvalue weighted by atomic mass is 9.88. The molecule has 3 amide bonds. The molecule has 0 bridgehead atoms. The third kappa shape index (κ3) is 24.2. The molecule has 624 valence electrons. The van der Waals surface area contributed by atoms with E-state index in [2.05, 4.69) is 197 Å². The molecule has 6 heterocycles. The molecule has 10 unspecified atom stereocenters. The van der Waals surface area contributed by atoms with Crippen LogP contribution in [0.4, 0.5) is 0 Å². The molecule has 14 rings (SSSR count). The van der Waals surface area contributed by atoms with Gasteiger partial charge in [0.05, 0.1) is 54.6 Å². The molecular weight excluding hydrogens is 1470 g/mol. The van der Waals surface area contributed by atoms with Crippen LogP contribution in [0.25, 0.3) is 0 Å². The SMILES string of the molecule is CC(C=O)[C@H](C)c1ccccc1.COC(=O)C(C)C(c1ccccc1)N(Cc1ccccc1)[C@@H](C)c1ccccc1.COC(=O)C(C)[C@H](C)c1ccccc1.Cc1ccnc(C)c1C(=O)N1CC2CN(CC(C)[C@@H](NC(=O)C3CC3)c3ccccc3)CC2C1.Cc1ccnc(C)c1C(=O)N1CC2CN(CC(C)[C@H](C)c3ccccc3)CC2C1. The van der Waals surface area contributed by atoms with E-state index in [1.165, 1.54) is 47.6 Å². The van der Waals surface area contributed by atoms with Gasteiger partial charge in [0.15, 0.2) is 0 Å². The molecule has 4 aliphatic heterocycles. The second-order valence-corrected chi connectivity index (χ2v) is 34.0. The van der Waals surface area contributed by atoms with Crippen LogP contribution >= 0.6 is 0 Å². The lowest BCUT2D eigenvalue weighted by Crippen LogP contribution is -2.39.